The summed E-state index contributed by atoms with van der Waals surface area (Å²) in [5.41, 5.74) is 9.57. The van der Waals surface area contributed by atoms with Crippen molar-refractivity contribution in [1.82, 2.24) is 14.7 Å². The van der Waals surface area contributed by atoms with Crippen LogP contribution in [0.5, 0.6) is 11.6 Å². The van der Waals surface area contributed by atoms with Gasteiger partial charge >= 0.3 is 5.95 Å². The number of carbonyl (C=O) groups is 1. The van der Waals surface area contributed by atoms with Crippen LogP contribution in [0.4, 0.5) is 11.6 Å². The smallest absolute Gasteiger partial charge is 0.401 e. The van der Waals surface area contributed by atoms with Crippen molar-refractivity contribution in [2.45, 2.75) is 64.0 Å². The van der Waals surface area contributed by atoms with Crippen LogP contribution in [0.25, 0.3) is 5.65 Å². The van der Waals surface area contributed by atoms with Crippen LogP contribution in [0, 0.1) is 0 Å². The molecule has 3 aromatic rings. The number of aldehydes is 1. The summed E-state index contributed by atoms with van der Waals surface area (Å²) in [6, 6.07) is 6.92. The van der Waals surface area contributed by atoms with Crippen LogP contribution in [0.15, 0.2) is 24.3 Å². The zero-order valence-corrected chi connectivity index (χ0v) is 22.1. The zero-order valence-electron chi connectivity index (χ0n) is 22.1. The van der Waals surface area contributed by atoms with Crippen molar-refractivity contribution in [3.05, 3.63) is 35.4 Å². The fourth-order valence-electron chi connectivity index (χ4n) is 5.24. The summed E-state index contributed by atoms with van der Waals surface area (Å²) in [6.45, 7) is 9.17. The fraction of sp³-hybridized carbons (Fsp3) is 0.556. The Balaban J connectivity index is 1.58. The molecule has 10 heteroatoms. The highest BCUT2D eigenvalue weighted by Gasteiger charge is 2.32. The average Bonchev–Trinajstić information content (AvgIpc) is 3.52. The lowest BCUT2D eigenvalue weighted by atomic mass is 9.84. The first-order chi connectivity index (χ1) is 17.8. The second kappa shape index (κ2) is 10.2. The van der Waals surface area contributed by atoms with Crippen LogP contribution >= 0.6 is 0 Å². The molecule has 0 bridgehead atoms. The predicted molar refractivity (Wildman–Crippen MR) is 139 cm³/mol. The molecule has 1 atom stereocenters. The van der Waals surface area contributed by atoms with E-state index >= 15 is 0 Å². The number of hydrogen-bond donors (Lipinski definition) is 1. The minimum absolute atomic E-state index is 0.179. The number of carbonyl (C=O) groups excluding carboxylic acids is 1. The minimum Gasteiger partial charge on any atom is -0.494 e. The molecule has 3 heterocycles. The lowest BCUT2D eigenvalue weighted by molar-refractivity contribution is -0.738. The molecular weight excluding hydrogens is 472 g/mol. The van der Waals surface area contributed by atoms with Gasteiger partial charge in [-0.05, 0) is 43.2 Å². The number of morpholine rings is 1. The summed E-state index contributed by atoms with van der Waals surface area (Å²) >= 11 is 0. The van der Waals surface area contributed by atoms with Gasteiger partial charge in [0.05, 0.1) is 26.0 Å². The minimum atomic E-state index is -0.743. The Morgan fingerprint density at radius 2 is 1.92 bits per heavy atom. The monoisotopic (exact) mass is 509 g/mol. The topological polar surface area (TPSA) is 108 Å². The third kappa shape index (κ3) is 4.94. The van der Waals surface area contributed by atoms with E-state index in [0.717, 1.165) is 54.8 Å². The van der Waals surface area contributed by atoms with E-state index in [1.54, 1.807) is 7.11 Å². The highest BCUT2D eigenvalue weighted by molar-refractivity contribution is 5.69. The summed E-state index contributed by atoms with van der Waals surface area (Å²) in [5, 5.41) is 9.22. The molecule has 2 aliphatic rings. The third-order valence-corrected chi connectivity index (χ3v) is 7.23. The number of aromatic nitrogens is 4. The zero-order chi connectivity index (χ0) is 26.2. The van der Waals surface area contributed by atoms with Crippen molar-refractivity contribution in [2.75, 3.05) is 44.0 Å². The molecule has 1 aliphatic carbocycles. The number of hydrogen-bond acceptors (Lipinski definition) is 8. The van der Waals surface area contributed by atoms with E-state index in [0.29, 0.717) is 24.7 Å². The lowest BCUT2D eigenvalue weighted by Gasteiger charge is -2.33. The maximum Gasteiger partial charge on any atom is 0.401 e. The van der Waals surface area contributed by atoms with Crippen LogP contribution in [0.1, 0.15) is 63.6 Å². The van der Waals surface area contributed by atoms with Crippen molar-refractivity contribution in [3.63, 3.8) is 0 Å². The first kappa shape index (κ1) is 25.3. The fourth-order valence-corrected chi connectivity index (χ4v) is 5.24. The Morgan fingerprint density at radius 1 is 1.19 bits per heavy atom. The number of anilines is 2. The average molecular weight is 510 g/mol. The largest absolute Gasteiger partial charge is 0.494 e. The van der Waals surface area contributed by atoms with Crippen LogP contribution in [0.3, 0.4) is 0 Å². The van der Waals surface area contributed by atoms with Crippen LogP contribution < -0.4 is 24.8 Å². The van der Waals surface area contributed by atoms with Crippen LogP contribution in [-0.4, -0.2) is 60.5 Å². The van der Waals surface area contributed by atoms with Crippen molar-refractivity contribution in [2.24, 2.45) is 0 Å². The molecule has 0 amide bonds. The van der Waals surface area contributed by atoms with Gasteiger partial charge in [-0.3, -0.25) is 10.5 Å². The quantitative estimate of drug-likeness (QED) is 0.383. The number of nitrogens with two attached hydrogens (primary N) is 1. The third-order valence-electron chi connectivity index (χ3n) is 7.23. The number of nitrogens with zero attached hydrogens (tertiary/aromatic N) is 5. The van der Waals surface area contributed by atoms with Crippen molar-refractivity contribution in [1.29, 1.82) is 0 Å². The van der Waals surface area contributed by atoms with Crippen molar-refractivity contribution in [3.8, 4) is 11.6 Å². The summed E-state index contributed by atoms with van der Waals surface area (Å²) in [4.78, 5) is 14.8. The first-order valence-electron chi connectivity index (χ1n) is 13.0. The summed E-state index contributed by atoms with van der Waals surface area (Å²) in [7, 11) is 1.69. The predicted octanol–water partition coefficient (Wildman–Crippen LogP) is 2.85. The van der Waals surface area contributed by atoms with E-state index in [1.165, 1.54) is 22.0 Å². The van der Waals surface area contributed by atoms with Gasteiger partial charge in [0.2, 0.25) is 5.88 Å². The maximum atomic E-state index is 12.6. The SMILES string of the molecule is COc1c(N2CCOCC2)cc(C(C=O)[n+]2nc3ccc(OC4CCCC4)nn3c2N)cc1C(C)(C)C. The Bertz CT molecular complexity index is 1270. The van der Waals surface area contributed by atoms with Crippen molar-refractivity contribution < 1.29 is 23.7 Å². The molecule has 37 heavy (non-hydrogen) atoms. The van der Waals surface area contributed by atoms with Crippen LogP contribution in [0.2, 0.25) is 0 Å². The molecule has 10 nitrogen and oxygen atoms in total. The maximum absolute atomic E-state index is 12.6. The first-order valence-corrected chi connectivity index (χ1v) is 13.0. The molecule has 198 valence electrons. The molecule has 1 aliphatic heterocycles. The molecule has 1 unspecified atom stereocenters. The second-order valence-corrected chi connectivity index (χ2v) is 10.8. The van der Waals surface area contributed by atoms with E-state index in [4.69, 9.17) is 19.9 Å². The van der Waals surface area contributed by atoms with E-state index in [-0.39, 0.29) is 17.5 Å². The molecule has 1 aromatic carbocycles. The molecule has 2 aromatic heterocycles. The molecule has 0 spiro atoms. The number of ether oxygens (including phenoxy) is 3. The van der Waals surface area contributed by atoms with E-state index in [2.05, 4.69) is 35.9 Å². The Morgan fingerprint density at radius 3 is 2.57 bits per heavy atom. The van der Waals surface area contributed by atoms with Gasteiger partial charge in [-0.1, -0.05) is 35.5 Å². The van der Waals surface area contributed by atoms with Gasteiger partial charge < -0.3 is 19.1 Å². The molecule has 1 saturated heterocycles. The standard InChI is InChI=1S/C27H36N6O4/c1-27(2,3)20-15-18(16-21(25(20)35-4)31-11-13-36-14-12-31)22(17-34)32-26(28)33-23(29-32)9-10-24(30-33)37-19-7-5-6-8-19/h9-10,15-17,19,22,28H,5-8,11-14H2,1-4H3/p+1. The second-order valence-electron chi connectivity index (χ2n) is 10.8. The van der Waals surface area contributed by atoms with Gasteiger partial charge in [0.25, 0.3) is 5.65 Å². The molecular formula is C27H37N6O4+. The summed E-state index contributed by atoms with van der Waals surface area (Å²) in [5.74, 6) is 1.57. The van der Waals surface area contributed by atoms with Crippen LogP contribution in [-0.2, 0) is 14.9 Å². The van der Waals surface area contributed by atoms with Gasteiger partial charge in [0, 0.05) is 36.3 Å². The molecule has 5 rings (SSSR count). The number of benzene rings is 1. The lowest BCUT2D eigenvalue weighted by Crippen LogP contribution is -2.45. The number of nitrogen functional groups attached to an aromatic ring is 1. The number of rotatable bonds is 7. The molecule has 2 N–H and O–H groups in total. The summed E-state index contributed by atoms with van der Waals surface area (Å²) < 4.78 is 20.6. The van der Waals surface area contributed by atoms with E-state index < -0.39 is 6.04 Å². The highest BCUT2D eigenvalue weighted by atomic mass is 16.5. The normalized spacial score (nSPS) is 17.8. The van der Waals surface area contributed by atoms with Gasteiger partial charge in [-0.25, -0.2) is 0 Å². The van der Waals surface area contributed by atoms with Gasteiger partial charge in [0.15, 0.2) is 12.3 Å². The Labute approximate surface area is 217 Å². The van der Waals surface area contributed by atoms with Gasteiger partial charge in [0.1, 0.15) is 11.9 Å². The Hall–Kier alpha value is -3.40. The molecule has 0 radical (unpaired) electrons. The highest BCUT2D eigenvalue weighted by Crippen LogP contribution is 2.41. The van der Waals surface area contributed by atoms with Gasteiger partial charge in [-0.2, -0.15) is 0 Å². The van der Waals surface area contributed by atoms with Crippen molar-refractivity contribution >= 4 is 23.6 Å². The van der Waals surface area contributed by atoms with Gasteiger partial charge in [-0.15, -0.1) is 4.68 Å². The summed E-state index contributed by atoms with van der Waals surface area (Å²) in [6.07, 6.45) is 5.46. The Kier molecular flexibility index (Phi) is 6.94. The van der Waals surface area contributed by atoms with E-state index in [1.807, 2.05) is 24.3 Å². The molecule has 2 fully saturated rings. The molecule has 1 saturated carbocycles. The number of methoxy groups -OCH3 is 1. The van der Waals surface area contributed by atoms with E-state index in [9.17, 15) is 4.79 Å². The number of fused-ring (bicyclic) bond motifs is 1.